The summed E-state index contributed by atoms with van der Waals surface area (Å²) in [6.07, 6.45) is 0. The van der Waals surface area contributed by atoms with Gasteiger partial charge in [0.05, 0.1) is 17.5 Å². The van der Waals surface area contributed by atoms with E-state index in [0.717, 1.165) is 11.1 Å². The molecule has 2 N–H and O–H groups in total. The van der Waals surface area contributed by atoms with E-state index in [-0.39, 0.29) is 41.5 Å². The minimum absolute atomic E-state index is 0. The zero-order valence-electron chi connectivity index (χ0n) is 15.5. The van der Waals surface area contributed by atoms with E-state index in [2.05, 4.69) is 15.6 Å². The molecule has 0 bridgehead atoms. The molecular formula is C19H24FIN4O2. The molecule has 0 aliphatic carbocycles. The topological polar surface area (TPSA) is 79.6 Å². The van der Waals surface area contributed by atoms with E-state index >= 15 is 0 Å². The summed E-state index contributed by atoms with van der Waals surface area (Å²) in [5, 5.41) is 17.2. The summed E-state index contributed by atoms with van der Waals surface area (Å²) in [4.78, 5) is 14.9. The van der Waals surface area contributed by atoms with Crippen LogP contribution in [0.2, 0.25) is 0 Å². The van der Waals surface area contributed by atoms with Crippen LogP contribution in [0.25, 0.3) is 0 Å². The fraction of sp³-hybridized carbons (Fsp3) is 0.316. The van der Waals surface area contributed by atoms with E-state index in [1.54, 1.807) is 25.1 Å². The fourth-order valence-electron chi connectivity index (χ4n) is 2.43. The van der Waals surface area contributed by atoms with Crippen LogP contribution in [0.5, 0.6) is 0 Å². The first kappa shape index (κ1) is 22.8. The lowest BCUT2D eigenvalue weighted by atomic mass is 10.1. The third-order valence-corrected chi connectivity index (χ3v) is 3.93. The highest BCUT2D eigenvalue weighted by Gasteiger charge is 2.10. The van der Waals surface area contributed by atoms with Crippen molar-refractivity contribution in [2.24, 2.45) is 4.99 Å². The number of benzene rings is 2. The molecule has 2 aromatic carbocycles. The summed E-state index contributed by atoms with van der Waals surface area (Å²) < 4.78 is 13.8. The Balaban J connectivity index is 0.00000364. The average Bonchev–Trinajstić information content (AvgIpc) is 2.62. The highest BCUT2D eigenvalue weighted by atomic mass is 127. The van der Waals surface area contributed by atoms with E-state index < -0.39 is 4.92 Å². The van der Waals surface area contributed by atoms with Gasteiger partial charge in [-0.3, -0.25) is 10.1 Å². The zero-order valence-corrected chi connectivity index (χ0v) is 17.9. The molecule has 0 spiro atoms. The van der Waals surface area contributed by atoms with Crippen LogP contribution in [0.3, 0.4) is 0 Å². The lowest BCUT2D eigenvalue weighted by molar-refractivity contribution is -0.384. The summed E-state index contributed by atoms with van der Waals surface area (Å²) in [5.41, 5.74) is 2.20. The molecule has 0 aliphatic rings. The molecule has 0 heterocycles. The molecule has 6 nitrogen and oxygen atoms in total. The van der Waals surface area contributed by atoms with Gasteiger partial charge in [0.25, 0.3) is 5.69 Å². The first-order chi connectivity index (χ1) is 12.4. The van der Waals surface area contributed by atoms with Crippen LogP contribution >= 0.6 is 24.0 Å². The van der Waals surface area contributed by atoms with Gasteiger partial charge >= 0.3 is 0 Å². The third kappa shape index (κ3) is 6.78. The van der Waals surface area contributed by atoms with Crippen molar-refractivity contribution < 1.29 is 9.31 Å². The van der Waals surface area contributed by atoms with Crippen LogP contribution in [0.15, 0.2) is 47.5 Å². The van der Waals surface area contributed by atoms with Gasteiger partial charge in [0.1, 0.15) is 5.82 Å². The van der Waals surface area contributed by atoms with E-state index in [4.69, 9.17) is 0 Å². The summed E-state index contributed by atoms with van der Waals surface area (Å²) in [6, 6.07) is 11.4. The summed E-state index contributed by atoms with van der Waals surface area (Å²) in [5.74, 6) is 0.321. The van der Waals surface area contributed by atoms with Crippen molar-refractivity contribution in [3.05, 3.63) is 75.1 Å². The number of non-ortho nitro benzene ring substituents is 1. The predicted octanol–water partition coefficient (Wildman–Crippen LogP) is 4.48. The summed E-state index contributed by atoms with van der Waals surface area (Å²) in [7, 11) is 0. The first-order valence-corrected chi connectivity index (χ1v) is 8.45. The second-order valence-electron chi connectivity index (χ2n) is 6.00. The highest BCUT2D eigenvalue weighted by Crippen LogP contribution is 2.17. The van der Waals surface area contributed by atoms with Gasteiger partial charge < -0.3 is 10.6 Å². The molecule has 0 saturated heterocycles. The Bertz CT molecular complexity index is 814. The molecule has 0 saturated carbocycles. The standard InChI is InChI=1S/C19H23FN4O2.HI/c1-4-21-19(22-12-15-6-5-7-17(10-15)24(25)26)23-14(3)16-9-8-13(2)18(20)11-16;/h5-11,14H,4,12H2,1-3H3,(H2,21,22,23);1H. The molecule has 2 rings (SSSR count). The van der Waals surface area contributed by atoms with Crippen molar-refractivity contribution in [3.63, 3.8) is 0 Å². The maximum absolute atomic E-state index is 13.8. The van der Waals surface area contributed by atoms with Crippen molar-refractivity contribution in [1.82, 2.24) is 10.6 Å². The number of hydrogen-bond donors (Lipinski definition) is 2. The van der Waals surface area contributed by atoms with Crippen LogP contribution < -0.4 is 10.6 Å². The SMILES string of the molecule is CCNC(=NCc1cccc([N+](=O)[O-])c1)NC(C)c1ccc(C)c(F)c1.I. The lowest BCUT2D eigenvalue weighted by Gasteiger charge is -2.18. The quantitative estimate of drug-likeness (QED) is 0.208. The normalized spacial score (nSPS) is 12.1. The van der Waals surface area contributed by atoms with Gasteiger partial charge in [0.2, 0.25) is 0 Å². The van der Waals surface area contributed by atoms with Crippen molar-refractivity contribution in [2.45, 2.75) is 33.4 Å². The summed E-state index contributed by atoms with van der Waals surface area (Å²) >= 11 is 0. The Labute approximate surface area is 175 Å². The third-order valence-electron chi connectivity index (χ3n) is 3.93. The molecule has 8 heteroatoms. The van der Waals surface area contributed by atoms with Crippen LogP contribution in [-0.2, 0) is 6.54 Å². The van der Waals surface area contributed by atoms with Gasteiger partial charge in [-0.1, -0.05) is 24.3 Å². The predicted molar refractivity (Wildman–Crippen MR) is 116 cm³/mol. The Morgan fingerprint density at radius 3 is 2.67 bits per heavy atom. The summed E-state index contributed by atoms with van der Waals surface area (Å²) in [6.45, 7) is 6.55. The number of nitro groups is 1. The number of aliphatic imine (C=N–C) groups is 1. The van der Waals surface area contributed by atoms with Crippen LogP contribution in [-0.4, -0.2) is 17.4 Å². The van der Waals surface area contributed by atoms with Gasteiger partial charge in [-0.05, 0) is 43.5 Å². The number of rotatable bonds is 6. The van der Waals surface area contributed by atoms with E-state index in [0.29, 0.717) is 24.6 Å². The smallest absolute Gasteiger partial charge is 0.269 e. The lowest BCUT2D eigenvalue weighted by Crippen LogP contribution is -2.38. The number of nitrogens with zero attached hydrogens (tertiary/aromatic N) is 2. The van der Waals surface area contributed by atoms with Crippen LogP contribution in [0, 0.1) is 22.9 Å². The van der Waals surface area contributed by atoms with E-state index in [9.17, 15) is 14.5 Å². The molecule has 0 radical (unpaired) electrons. The van der Waals surface area contributed by atoms with Crippen molar-refractivity contribution in [3.8, 4) is 0 Å². The largest absolute Gasteiger partial charge is 0.357 e. The van der Waals surface area contributed by atoms with E-state index in [1.165, 1.54) is 18.2 Å². The Kier molecular flexibility index (Phi) is 9.13. The van der Waals surface area contributed by atoms with Crippen LogP contribution in [0.4, 0.5) is 10.1 Å². The maximum Gasteiger partial charge on any atom is 0.269 e. The second-order valence-corrected chi connectivity index (χ2v) is 6.00. The zero-order chi connectivity index (χ0) is 19.1. The molecule has 2 aromatic rings. The molecule has 1 unspecified atom stereocenters. The van der Waals surface area contributed by atoms with Crippen molar-refractivity contribution >= 4 is 35.6 Å². The first-order valence-electron chi connectivity index (χ1n) is 8.45. The number of nitrogens with one attached hydrogen (secondary N) is 2. The molecule has 0 aromatic heterocycles. The molecule has 1 atom stereocenters. The van der Waals surface area contributed by atoms with Gasteiger partial charge in [-0.15, -0.1) is 24.0 Å². The van der Waals surface area contributed by atoms with Crippen molar-refractivity contribution in [2.75, 3.05) is 6.54 Å². The van der Waals surface area contributed by atoms with Crippen molar-refractivity contribution in [1.29, 1.82) is 0 Å². The Morgan fingerprint density at radius 2 is 2.04 bits per heavy atom. The number of nitro benzene ring substituents is 1. The molecular weight excluding hydrogens is 462 g/mol. The fourth-order valence-corrected chi connectivity index (χ4v) is 2.43. The average molecular weight is 486 g/mol. The molecule has 0 fully saturated rings. The van der Waals surface area contributed by atoms with E-state index in [1.807, 2.05) is 19.9 Å². The Morgan fingerprint density at radius 1 is 1.30 bits per heavy atom. The van der Waals surface area contributed by atoms with Gasteiger partial charge in [0, 0.05) is 18.7 Å². The minimum atomic E-state index is -0.426. The number of aryl methyl sites for hydroxylation is 1. The maximum atomic E-state index is 13.8. The number of halogens is 2. The highest BCUT2D eigenvalue weighted by molar-refractivity contribution is 14.0. The van der Waals surface area contributed by atoms with Gasteiger partial charge in [-0.2, -0.15) is 0 Å². The molecule has 0 amide bonds. The second kappa shape index (κ2) is 10.8. The Hall–Kier alpha value is -2.23. The molecule has 27 heavy (non-hydrogen) atoms. The molecule has 0 aliphatic heterocycles. The molecule has 146 valence electrons. The number of guanidine groups is 1. The number of hydrogen-bond acceptors (Lipinski definition) is 3. The minimum Gasteiger partial charge on any atom is -0.357 e. The van der Waals surface area contributed by atoms with Gasteiger partial charge in [-0.25, -0.2) is 9.38 Å². The monoisotopic (exact) mass is 486 g/mol. The van der Waals surface area contributed by atoms with Crippen LogP contribution in [0.1, 0.15) is 36.6 Å². The van der Waals surface area contributed by atoms with Gasteiger partial charge in [0.15, 0.2) is 5.96 Å².